The lowest BCUT2D eigenvalue weighted by molar-refractivity contribution is 0.312. The van der Waals surface area contributed by atoms with Gasteiger partial charge in [-0.15, -0.1) is 0 Å². The molecular weight excluding hydrogens is 240 g/mol. The topological polar surface area (TPSA) is 41.6 Å². The Morgan fingerprint density at radius 3 is 2.47 bits per heavy atom. The molecule has 4 nitrogen and oxygen atoms in total. The molecule has 0 aliphatic rings. The predicted octanol–water partition coefficient (Wildman–Crippen LogP) is 2.92. The van der Waals surface area contributed by atoms with E-state index in [0.717, 1.165) is 37.7 Å². The average Bonchev–Trinajstić information content (AvgIpc) is 2.97. The zero-order chi connectivity index (χ0) is 13.7. The second-order valence-corrected chi connectivity index (χ2v) is 4.82. The Morgan fingerprint density at radius 2 is 1.79 bits per heavy atom. The second-order valence-electron chi connectivity index (χ2n) is 4.82. The Balaban J connectivity index is 1.93. The Bertz CT molecular complexity index is 502. The maximum Gasteiger partial charge on any atom is 0.122 e. The summed E-state index contributed by atoms with van der Waals surface area (Å²) in [5.74, 6) is 2.02. The molecule has 2 heterocycles. The van der Waals surface area contributed by atoms with Crippen LogP contribution < -0.4 is 5.32 Å². The zero-order valence-corrected chi connectivity index (χ0v) is 11.9. The summed E-state index contributed by atoms with van der Waals surface area (Å²) in [6.07, 6.45) is 3.51. The van der Waals surface area contributed by atoms with Crippen LogP contribution in [0.4, 0.5) is 0 Å². The van der Waals surface area contributed by atoms with Crippen LogP contribution in [0.25, 0.3) is 0 Å². The van der Waals surface area contributed by atoms with E-state index in [9.17, 15) is 0 Å². The third-order valence-corrected chi connectivity index (χ3v) is 3.22. The van der Waals surface area contributed by atoms with Gasteiger partial charge in [0.1, 0.15) is 11.5 Å². The van der Waals surface area contributed by atoms with Crippen LogP contribution in [0.15, 0.2) is 33.5 Å². The molecule has 1 N–H and O–H groups in total. The Labute approximate surface area is 114 Å². The largest absolute Gasteiger partial charge is 0.469 e. The summed E-state index contributed by atoms with van der Waals surface area (Å²) in [7, 11) is 2.11. The fourth-order valence-corrected chi connectivity index (χ4v) is 2.11. The van der Waals surface area contributed by atoms with Crippen LogP contribution in [-0.4, -0.2) is 18.5 Å². The molecule has 0 aliphatic carbocycles. The van der Waals surface area contributed by atoms with Gasteiger partial charge >= 0.3 is 0 Å². The van der Waals surface area contributed by atoms with E-state index in [1.54, 1.807) is 12.5 Å². The van der Waals surface area contributed by atoms with Gasteiger partial charge in [0.05, 0.1) is 19.1 Å². The summed E-state index contributed by atoms with van der Waals surface area (Å²) in [5.41, 5.74) is 2.48. The number of nitrogens with one attached hydrogen (secondary N) is 1. The van der Waals surface area contributed by atoms with Crippen molar-refractivity contribution in [3.8, 4) is 0 Å². The number of hydrogen-bond donors (Lipinski definition) is 1. The van der Waals surface area contributed by atoms with Gasteiger partial charge in [-0.05, 0) is 32.6 Å². The van der Waals surface area contributed by atoms with Crippen molar-refractivity contribution in [1.29, 1.82) is 0 Å². The van der Waals surface area contributed by atoms with Crippen molar-refractivity contribution < 1.29 is 8.83 Å². The molecule has 4 heteroatoms. The zero-order valence-electron chi connectivity index (χ0n) is 11.9. The van der Waals surface area contributed by atoms with E-state index in [-0.39, 0.29) is 0 Å². The van der Waals surface area contributed by atoms with Gasteiger partial charge in [0.2, 0.25) is 0 Å². The van der Waals surface area contributed by atoms with Crippen molar-refractivity contribution >= 4 is 0 Å². The molecule has 0 aromatic carbocycles. The maximum atomic E-state index is 5.52. The number of hydrogen-bond acceptors (Lipinski definition) is 4. The van der Waals surface area contributed by atoms with Gasteiger partial charge in [-0.1, -0.05) is 6.92 Å². The van der Waals surface area contributed by atoms with Crippen LogP contribution in [0.3, 0.4) is 0 Å². The summed E-state index contributed by atoms with van der Waals surface area (Å²) in [6, 6.07) is 4.08. The molecule has 104 valence electrons. The summed E-state index contributed by atoms with van der Waals surface area (Å²) in [4.78, 5) is 2.26. The normalized spacial score (nSPS) is 11.4. The molecule has 0 aliphatic heterocycles. The van der Waals surface area contributed by atoms with Crippen LogP contribution in [-0.2, 0) is 19.6 Å². The first kappa shape index (κ1) is 13.9. The van der Waals surface area contributed by atoms with Crippen LogP contribution in [0.2, 0.25) is 0 Å². The first-order valence-corrected chi connectivity index (χ1v) is 6.68. The lowest BCUT2D eigenvalue weighted by Crippen LogP contribution is -2.19. The number of aryl methyl sites for hydroxylation is 1. The number of nitrogens with zero attached hydrogens (tertiary/aromatic N) is 1. The highest BCUT2D eigenvalue weighted by molar-refractivity contribution is 5.18. The monoisotopic (exact) mass is 262 g/mol. The minimum atomic E-state index is 0.789. The highest BCUT2D eigenvalue weighted by atomic mass is 16.3. The summed E-state index contributed by atoms with van der Waals surface area (Å²) < 4.78 is 10.8. The first-order chi connectivity index (χ1) is 9.20. The Kier molecular flexibility index (Phi) is 4.82. The quantitative estimate of drug-likeness (QED) is 0.833. The summed E-state index contributed by atoms with van der Waals surface area (Å²) in [6.45, 7) is 7.59. The molecule has 2 aromatic heterocycles. The first-order valence-electron chi connectivity index (χ1n) is 6.68. The third kappa shape index (κ3) is 3.72. The molecule has 0 spiro atoms. The van der Waals surface area contributed by atoms with Crippen LogP contribution in [0.5, 0.6) is 0 Å². The molecule has 19 heavy (non-hydrogen) atoms. The van der Waals surface area contributed by atoms with E-state index in [2.05, 4.69) is 24.2 Å². The number of rotatable bonds is 7. The van der Waals surface area contributed by atoms with Crippen molar-refractivity contribution in [2.45, 2.75) is 33.5 Å². The number of furan rings is 2. The van der Waals surface area contributed by atoms with Crippen molar-refractivity contribution in [1.82, 2.24) is 10.2 Å². The van der Waals surface area contributed by atoms with Crippen molar-refractivity contribution in [2.75, 3.05) is 13.6 Å². The van der Waals surface area contributed by atoms with Crippen molar-refractivity contribution in [3.05, 3.63) is 47.3 Å². The fraction of sp³-hybridized carbons (Fsp3) is 0.467. The van der Waals surface area contributed by atoms with Gasteiger partial charge in [0.25, 0.3) is 0 Å². The van der Waals surface area contributed by atoms with E-state index in [0.29, 0.717) is 0 Å². The molecule has 0 atom stereocenters. The van der Waals surface area contributed by atoms with E-state index in [4.69, 9.17) is 8.83 Å². The molecule has 2 rings (SSSR count). The molecule has 0 unspecified atom stereocenters. The lowest BCUT2D eigenvalue weighted by atomic mass is 10.2. The molecule has 2 aromatic rings. The van der Waals surface area contributed by atoms with E-state index in [1.807, 2.05) is 19.1 Å². The van der Waals surface area contributed by atoms with Gasteiger partial charge in [0.15, 0.2) is 0 Å². The maximum absolute atomic E-state index is 5.52. The lowest BCUT2D eigenvalue weighted by Gasteiger charge is -2.16. The Hall–Kier alpha value is -1.52. The highest BCUT2D eigenvalue weighted by Gasteiger charge is 2.10. The minimum absolute atomic E-state index is 0.789. The predicted molar refractivity (Wildman–Crippen MR) is 74.7 cm³/mol. The minimum Gasteiger partial charge on any atom is -0.469 e. The van der Waals surface area contributed by atoms with Crippen molar-refractivity contribution in [2.24, 2.45) is 0 Å². The second kappa shape index (κ2) is 6.59. The Morgan fingerprint density at radius 1 is 1.11 bits per heavy atom. The van der Waals surface area contributed by atoms with Gasteiger partial charge in [-0.3, -0.25) is 4.90 Å². The summed E-state index contributed by atoms with van der Waals surface area (Å²) >= 11 is 0. The van der Waals surface area contributed by atoms with E-state index < -0.39 is 0 Å². The SMILES string of the molecule is CCNCc1occc1CN(C)Cc1ccoc1C. The molecule has 0 saturated heterocycles. The van der Waals surface area contributed by atoms with Gasteiger partial charge in [-0.2, -0.15) is 0 Å². The smallest absolute Gasteiger partial charge is 0.122 e. The van der Waals surface area contributed by atoms with Gasteiger partial charge in [-0.25, -0.2) is 0 Å². The van der Waals surface area contributed by atoms with Gasteiger partial charge in [0, 0.05) is 24.2 Å². The van der Waals surface area contributed by atoms with Crippen molar-refractivity contribution in [3.63, 3.8) is 0 Å². The van der Waals surface area contributed by atoms with Crippen LogP contribution in [0, 0.1) is 6.92 Å². The van der Waals surface area contributed by atoms with Crippen LogP contribution in [0.1, 0.15) is 29.6 Å². The molecular formula is C15H22N2O2. The highest BCUT2D eigenvalue weighted by Crippen LogP contribution is 2.16. The van der Waals surface area contributed by atoms with Crippen LogP contribution >= 0.6 is 0 Å². The summed E-state index contributed by atoms with van der Waals surface area (Å²) in [5, 5.41) is 3.29. The molecule has 0 saturated carbocycles. The average molecular weight is 262 g/mol. The molecule has 0 radical (unpaired) electrons. The molecule has 0 fully saturated rings. The fourth-order valence-electron chi connectivity index (χ4n) is 2.11. The standard InChI is InChI=1S/C15H22N2O2/c1-4-16-9-15-14(6-8-19-15)11-17(3)10-13-5-7-18-12(13)2/h5-8,16H,4,9-11H2,1-3H3. The van der Waals surface area contributed by atoms with E-state index >= 15 is 0 Å². The van der Waals surface area contributed by atoms with Gasteiger partial charge < -0.3 is 14.2 Å². The third-order valence-electron chi connectivity index (χ3n) is 3.22. The molecule has 0 amide bonds. The van der Waals surface area contributed by atoms with E-state index in [1.165, 1.54) is 11.1 Å². The molecule has 0 bridgehead atoms.